The molecule has 3 rings (SSSR count). The molecule has 0 bridgehead atoms. The van der Waals surface area contributed by atoms with Gasteiger partial charge in [-0.15, -0.1) is 0 Å². The maximum atomic E-state index is 12.9. The molecule has 1 amide bonds. The fourth-order valence-electron chi connectivity index (χ4n) is 2.96. The van der Waals surface area contributed by atoms with Crippen molar-refractivity contribution in [1.29, 1.82) is 0 Å². The summed E-state index contributed by atoms with van der Waals surface area (Å²) in [6.07, 6.45) is -0.831. The molecule has 0 spiro atoms. The number of Topliss-reactive ketones (excluding diaryl/α,β-unsaturated/α-hetero) is 1. The van der Waals surface area contributed by atoms with E-state index in [1.54, 1.807) is 49.8 Å². The van der Waals surface area contributed by atoms with E-state index in [-0.39, 0.29) is 17.0 Å². The number of anilines is 1. The minimum absolute atomic E-state index is 0.0448. The van der Waals surface area contributed by atoms with Gasteiger partial charge < -0.3 is 10.1 Å². The molecule has 3 aromatic rings. The van der Waals surface area contributed by atoms with E-state index < -0.39 is 12.0 Å². The zero-order valence-corrected chi connectivity index (χ0v) is 16.8. The Bertz CT molecular complexity index is 1100. The van der Waals surface area contributed by atoms with E-state index in [9.17, 15) is 14.4 Å². The number of amides is 1. The molecule has 0 saturated heterocycles. The molecule has 150 valence electrons. The quantitative estimate of drug-likeness (QED) is 0.653. The third kappa shape index (κ3) is 4.13. The monoisotopic (exact) mass is 393 g/mol. The van der Waals surface area contributed by atoms with Crippen LogP contribution in [-0.2, 0) is 11.8 Å². The van der Waals surface area contributed by atoms with Gasteiger partial charge in [0.1, 0.15) is 11.4 Å². The van der Waals surface area contributed by atoms with E-state index >= 15 is 0 Å². The number of nitrogens with one attached hydrogen (secondary N) is 1. The van der Waals surface area contributed by atoms with Crippen molar-refractivity contribution in [3.63, 3.8) is 0 Å². The minimum atomic E-state index is -0.831. The molecule has 0 aliphatic carbocycles. The highest BCUT2D eigenvalue weighted by Crippen LogP contribution is 2.17. The maximum Gasteiger partial charge on any atom is 0.295 e. The summed E-state index contributed by atoms with van der Waals surface area (Å²) in [4.78, 5) is 36.8. The topological polar surface area (TPSA) is 82.3 Å². The van der Waals surface area contributed by atoms with Crippen molar-refractivity contribution in [1.82, 2.24) is 9.36 Å². The van der Waals surface area contributed by atoms with E-state index in [4.69, 9.17) is 4.74 Å². The highest BCUT2D eigenvalue weighted by molar-refractivity contribution is 5.95. The van der Waals surface area contributed by atoms with Crippen LogP contribution in [0.3, 0.4) is 0 Å². The van der Waals surface area contributed by atoms with Gasteiger partial charge in [-0.25, -0.2) is 4.68 Å². The Morgan fingerprint density at radius 2 is 1.66 bits per heavy atom. The first-order valence-corrected chi connectivity index (χ1v) is 9.22. The van der Waals surface area contributed by atoms with Crippen LogP contribution in [0, 0.1) is 6.92 Å². The second-order valence-corrected chi connectivity index (χ2v) is 6.77. The molecule has 0 aliphatic rings. The Balaban J connectivity index is 1.78. The lowest BCUT2D eigenvalue weighted by Gasteiger charge is -2.14. The molecule has 0 unspecified atom stereocenters. The van der Waals surface area contributed by atoms with Crippen LogP contribution in [0.1, 0.15) is 29.9 Å². The van der Waals surface area contributed by atoms with Crippen molar-refractivity contribution in [2.45, 2.75) is 26.9 Å². The Labute approximate surface area is 168 Å². The zero-order chi connectivity index (χ0) is 21.1. The number of para-hydroxylation sites is 1. The molecule has 1 aromatic heterocycles. The highest BCUT2D eigenvalue weighted by Gasteiger charge is 2.22. The molecule has 29 heavy (non-hydrogen) atoms. The number of carbonyl (C=O) groups excluding carboxylic acids is 2. The van der Waals surface area contributed by atoms with Crippen LogP contribution in [0.15, 0.2) is 59.4 Å². The third-order valence-corrected chi connectivity index (χ3v) is 4.75. The van der Waals surface area contributed by atoms with Crippen LogP contribution < -0.4 is 15.6 Å². The normalized spacial score (nSPS) is 11.7. The van der Waals surface area contributed by atoms with E-state index in [2.05, 4.69) is 5.32 Å². The van der Waals surface area contributed by atoms with Gasteiger partial charge in [0.25, 0.3) is 11.5 Å². The van der Waals surface area contributed by atoms with E-state index in [0.29, 0.717) is 22.7 Å². The molecule has 0 saturated carbocycles. The summed E-state index contributed by atoms with van der Waals surface area (Å²) in [5, 5.41) is 2.69. The molecule has 0 radical (unpaired) electrons. The molecule has 2 aromatic carbocycles. The number of aromatic nitrogens is 2. The summed E-state index contributed by atoms with van der Waals surface area (Å²) < 4.78 is 8.84. The average molecular weight is 393 g/mol. The van der Waals surface area contributed by atoms with Crippen molar-refractivity contribution in [2.24, 2.45) is 7.05 Å². The number of rotatable bonds is 6. The van der Waals surface area contributed by atoms with Crippen molar-refractivity contribution in [3.8, 4) is 11.4 Å². The molecule has 7 heteroatoms. The van der Waals surface area contributed by atoms with Crippen LogP contribution in [-0.4, -0.2) is 27.2 Å². The predicted molar refractivity (Wildman–Crippen MR) is 111 cm³/mol. The smallest absolute Gasteiger partial charge is 0.295 e. The Kier molecular flexibility index (Phi) is 5.68. The first kappa shape index (κ1) is 20.1. The van der Waals surface area contributed by atoms with E-state index in [1.165, 1.54) is 11.6 Å². The predicted octanol–water partition coefficient (Wildman–Crippen LogP) is 3.09. The van der Waals surface area contributed by atoms with Gasteiger partial charge in [0.05, 0.1) is 11.4 Å². The van der Waals surface area contributed by atoms with Crippen LogP contribution in [0.25, 0.3) is 5.69 Å². The minimum Gasteiger partial charge on any atom is -0.481 e. The van der Waals surface area contributed by atoms with Crippen LogP contribution in [0.5, 0.6) is 5.75 Å². The Hall–Kier alpha value is -3.61. The summed E-state index contributed by atoms with van der Waals surface area (Å²) >= 11 is 0. The van der Waals surface area contributed by atoms with Crippen molar-refractivity contribution < 1.29 is 14.3 Å². The first-order valence-electron chi connectivity index (χ1n) is 9.22. The standard InChI is InChI=1S/C22H23N3O4/c1-14-20(22(28)25(24(14)4)18-8-6-5-7-9-18)23-21(27)16(3)29-19-12-10-17(11-13-19)15(2)26/h5-13,16H,1-4H3,(H,23,27)/t16-/m0/s1. The number of hydrogen-bond donors (Lipinski definition) is 1. The molecule has 0 fully saturated rings. The lowest BCUT2D eigenvalue weighted by Crippen LogP contribution is -2.32. The summed E-state index contributed by atoms with van der Waals surface area (Å²) in [5.41, 5.74) is 1.80. The number of hydrogen-bond acceptors (Lipinski definition) is 4. The maximum absolute atomic E-state index is 12.9. The summed E-state index contributed by atoms with van der Waals surface area (Å²) in [7, 11) is 1.76. The largest absolute Gasteiger partial charge is 0.481 e. The number of benzene rings is 2. The van der Waals surface area contributed by atoms with Gasteiger partial charge in [-0.3, -0.25) is 19.1 Å². The van der Waals surface area contributed by atoms with Gasteiger partial charge in [-0.05, 0) is 57.2 Å². The van der Waals surface area contributed by atoms with Gasteiger partial charge in [0.15, 0.2) is 11.9 Å². The van der Waals surface area contributed by atoms with Crippen molar-refractivity contribution in [2.75, 3.05) is 5.32 Å². The lowest BCUT2D eigenvalue weighted by molar-refractivity contribution is -0.122. The number of carbonyl (C=O) groups is 2. The molecular weight excluding hydrogens is 370 g/mol. The SMILES string of the molecule is CC(=O)c1ccc(O[C@@H](C)C(=O)Nc2c(C)n(C)n(-c3ccccc3)c2=O)cc1. The fourth-order valence-corrected chi connectivity index (χ4v) is 2.96. The van der Waals surface area contributed by atoms with E-state index in [0.717, 1.165) is 0 Å². The Morgan fingerprint density at radius 1 is 1.03 bits per heavy atom. The number of ether oxygens (including phenoxy) is 1. The Morgan fingerprint density at radius 3 is 2.24 bits per heavy atom. The molecular formula is C22H23N3O4. The molecule has 0 aliphatic heterocycles. The van der Waals surface area contributed by atoms with Crippen molar-refractivity contribution in [3.05, 3.63) is 76.2 Å². The van der Waals surface area contributed by atoms with Gasteiger partial charge in [0.2, 0.25) is 0 Å². The molecule has 7 nitrogen and oxygen atoms in total. The summed E-state index contributed by atoms with van der Waals surface area (Å²) in [6.45, 7) is 4.85. The van der Waals surface area contributed by atoms with Gasteiger partial charge in [-0.2, -0.15) is 0 Å². The second kappa shape index (κ2) is 8.18. The van der Waals surface area contributed by atoms with Crippen molar-refractivity contribution >= 4 is 17.4 Å². The van der Waals surface area contributed by atoms with Crippen LogP contribution >= 0.6 is 0 Å². The molecule has 1 atom stereocenters. The number of nitrogens with zero attached hydrogens (tertiary/aromatic N) is 2. The highest BCUT2D eigenvalue weighted by atomic mass is 16.5. The van der Waals surface area contributed by atoms with Crippen LogP contribution in [0.4, 0.5) is 5.69 Å². The zero-order valence-electron chi connectivity index (χ0n) is 16.8. The second-order valence-electron chi connectivity index (χ2n) is 6.77. The van der Waals surface area contributed by atoms with Crippen LogP contribution in [0.2, 0.25) is 0 Å². The summed E-state index contributed by atoms with van der Waals surface area (Å²) in [6, 6.07) is 15.8. The first-order chi connectivity index (χ1) is 13.8. The average Bonchev–Trinajstić information content (AvgIpc) is 2.92. The van der Waals surface area contributed by atoms with Gasteiger partial charge in [-0.1, -0.05) is 18.2 Å². The van der Waals surface area contributed by atoms with E-state index in [1.807, 2.05) is 30.3 Å². The fraction of sp³-hybridized carbons (Fsp3) is 0.227. The third-order valence-electron chi connectivity index (χ3n) is 4.75. The lowest BCUT2D eigenvalue weighted by atomic mass is 10.1. The van der Waals surface area contributed by atoms with Gasteiger partial charge in [0, 0.05) is 12.6 Å². The molecule has 1 heterocycles. The number of ketones is 1. The van der Waals surface area contributed by atoms with Gasteiger partial charge >= 0.3 is 0 Å². The summed E-state index contributed by atoms with van der Waals surface area (Å²) in [5.74, 6) is -0.0209. The molecule has 1 N–H and O–H groups in total.